The van der Waals surface area contributed by atoms with Crippen LogP contribution >= 0.6 is 0 Å². The Morgan fingerprint density at radius 1 is 0.504 bits per heavy atom. The fourth-order valence-corrected chi connectivity index (χ4v) is 14.0. The molecule has 17 N–H and O–H groups in total. The lowest BCUT2D eigenvalue weighted by atomic mass is 10.00. The largest absolute Gasteiger partial charge is 0.508 e. The Balaban J connectivity index is 1.03. The molecule has 121 heavy (non-hydrogen) atoms. The standard InChI is InChI=1S/C86H115N17O18/c1-10-12-15-29-62(92-73(109)48-91-78(113)67(50-104)97-81(116)75(51(3)4)98-79(114)63(40-55-31-35-58(105)36-32-55)95-76(111)52(5)100(7)83(118)65(93-72(108)11-2)44-57-46-89-61-28-21-20-27-60(57)61)82(117)101(8)69(42-53-23-16-13-17-24-53)85(120)99(6)49-74(110)94-64(41-56-33-37-59(106)38-34-56)84(119)102(9)70(43-54-25-18-14-19-26-54)86(121)103-39-22-30-68(103)80(115)96-66(45-87)77(112)90-47-71(88)107/h13-14,16-21,23-28,31-38,46,51-52,62-70,75,89,104-106H,10-12,15,22,29-30,39-45,47-50,87H2,1-9H3,(H2,88,107)(H,90,112)(H,91,113)(H,92,109)(H,93,108)(H,94,110)(H,95,111)(H,96,115)(H,97,116)(H,98,114)/t52-,62-,63-,64-,65+,66-,67-,68-,69-,70-,75-/m0/s1. The number of likely N-dealkylation sites (N-methyl/N-ethyl adjacent to an activating group) is 4. The van der Waals surface area contributed by atoms with Crippen LogP contribution in [0.4, 0.5) is 0 Å². The number of para-hydroxylation sites is 1. The Kier molecular flexibility index (Phi) is 36.7. The number of fused-ring (bicyclic) bond motifs is 1. The van der Waals surface area contributed by atoms with E-state index >= 15 is 19.2 Å². The molecule has 1 aromatic heterocycles. The zero-order valence-corrected chi connectivity index (χ0v) is 69.8. The minimum absolute atomic E-state index is 0.0499. The number of nitrogens with one attached hydrogen (secondary N) is 10. The number of H-pyrrole nitrogens is 1. The summed E-state index contributed by atoms with van der Waals surface area (Å²) < 4.78 is 0. The van der Waals surface area contributed by atoms with Gasteiger partial charge in [-0.25, -0.2) is 0 Å². The van der Waals surface area contributed by atoms with Crippen molar-refractivity contribution in [1.82, 2.24) is 77.3 Å². The van der Waals surface area contributed by atoms with Gasteiger partial charge in [0.2, 0.25) is 88.6 Å². The van der Waals surface area contributed by atoms with E-state index in [0.29, 0.717) is 47.9 Å². The van der Waals surface area contributed by atoms with Crippen LogP contribution in [0.2, 0.25) is 0 Å². The van der Waals surface area contributed by atoms with Crippen molar-refractivity contribution < 1.29 is 87.2 Å². The summed E-state index contributed by atoms with van der Waals surface area (Å²) in [6, 6.07) is 21.6. The Hall–Kier alpha value is -12.8. The molecule has 0 aliphatic carbocycles. The second-order valence-electron chi connectivity index (χ2n) is 30.6. The second kappa shape index (κ2) is 46.5. The maximum Gasteiger partial charge on any atom is 0.246 e. The van der Waals surface area contributed by atoms with Gasteiger partial charge >= 0.3 is 0 Å². The summed E-state index contributed by atoms with van der Waals surface area (Å²) in [5.74, 6) is -12.5. The van der Waals surface area contributed by atoms with Gasteiger partial charge in [-0.05, 0) is 90.3 Å². The highest BCUT2D eigenvalue weighted by atomic mass is 16.3. The predicted octanol–water partition coefficient (Wildman–Crippen LogP) is -0.249. The summed E-state index contributed by atoms with van der Waals surface area (Å²) in [7, 11) is 5.44. The van der Waals surface area contributed by atoms with Crippen LogP contribution in [0.5, 0.6) is 11.5 Å². The van der Waals surface area contributed by atoms with Gasteiger partial charge in [0.05, 0.1) is 26.2 Å². The maximum absolute atomic E-state index is 15.2. The Morgan fingerprint density at radius 2 is 1.02 bits per heavy atom. The molecule has 2 heterocycles. The molecule has 1 fully saturated rings. The third kappa shape index (κ3) is 27.9. The van der Waals surface area contributed by atoms with Gasteiger partial charge < -0.3 is 104 Å². The van der Waals surface area contributed by atoms with E-state index in [4.69, 9.17) is 11.5 Å². The van der Waals surface area contributed by atoms with Gasteiger partial charge in [0, 0.05) is 96.9 Å². The number of aromatic nitrogens is 1. The Labute approximate surface area is 702 Å². The van der Waals surface area contributed by atoms with Crippen molar-refractivity contribution in [1.29, 1.82) is 0 Å². The number of rotatable bonds is 45. The number of carbonyl (C=O) groups is 15. The quantitative estimate of drug-likeness (QED) is 0.0219. The molecule has 0 saturated carbocycles. The molecule has 1 aliphatic rings. The smallest absolute Gasteiger partial charge is 0.246 e. The van der Waals surface area contributed by atoms with E-state index < -0.39 is 187 Å². The van der Waals surface area contributed by atoms with Crippen LogP contribution in [0.15, 0.2) is 140 Å². The normalized spacial score (nSPS) is 14.9. The van der Waals surface area contributed by atoms with Crippen LogP contribution in [0.25, 0.3) is 10.9 Å². The van der Waals surface area contributed by atoms with Crippen molar-refractivity contribution in [2.75, 3.05) is 67.5 Å². The number of aromatic hydroxyl groups is 2. The van der Waals surface area contributed by atoms with E-state index in [2.05, 4.69) is 52.8 Å². The molecule has 7 rings (SSSR count). The highest BCUT2D eigenvalue weighted by Crippen LogP contribution is 2.26. The number of phenolic OH excluding ortho intramolecular Hbond substituents is 2. The minimum atomic E-state index is -1.73. The molecule has 0 unspecified atom stereocenters. The lowest BCUT2D eigenvalue weighted by Gasteiger charge is -2.35. The first-order valence-electron chi connectivity index (χ1n) is 40.5. The molecule has 1 aliphatic heterocycles. The van der Waals surface area contributed by atoms with Gasteiger partial charge in [-0.2, -0.15) is 0 Å². The van der Waals surface area contributed by atoms with Crippen LogP contribution < -0.4 is 59.3 Å². The fraction of sp³-hybridized carbons (Fsp3) is 0.453. The fourth-order valence-electron chi connectivity index (χ4n) is 14.0. The number of amides is 15. The second-order valence-corrected chi connectivity index (χ2v) is 30.6. The van der Waals surface area contributed by atoms with Gasteiger partial charge in [0.15, 0.2) is 0 Å². The first kappa shape index (κ1) is 95.4. The molecule has 0 radical (unpaired) electrons. The number of unbranched alkanes of at least 4 members (excludes halogenated alkanes) is 2. The number of primary amides is 1. The number of hydrogen-bond donors (Lipinski definition) is 15. The van der Waals surface area contributed by atoms with Gasteiger partial charge in [0.1, 0.15) is 78.0 Å². The summed E-state index contributed by atoms with van der Waals surface area (Å²) in [5, 5.41) is 55.0. The lowest BCUT2D eigenvalue weighted by Crippen LogP contribution is -2.61. The molecule has 5 aromatic carbocycles. The van der Waals surface area contributed by atoms with Crippen LogP contribution in [0.1, 0.15) is 107 Å². The highest BCUT2D eigenvalue weighted by molar-refractivity contribution is 6.00. The SMILES string of the molecule is CCCCC[C@H](NC(=O)CNC(=O)[C@H](CO)NC(=O)[C@@H](NC(=O)[C@H](Cc1ccc(O)cc1)NC(=O)[C@H](C)N(C)C(=O)[C@@H](Cc1c[nH]c2ccccc12)NC(=O)CC)C(C)C)C(=O)N(C)[C@@H](Cc1ccccc1)C(=O)N(C)CC(=O)N[C@@H](Cc1ccc(O)cc1)C(=O)N(C)[C@@H](Cc1ccccc1)C(=O)N1CCC[C@H]1C(=O)N[C@@H](CN)C(=O)NCC(N)=O. The third-order valence-corrected chi connectivity index (χ3v) is 21.2. The number of likely N-dealkylation sites (tertiary alicyclic amines) is 1. The molecule has 1 saturated heterocycles. The zero-order chi connectivity index (χ0) is 88.7. The van der Waals surface area contributed by atoms with Gasteiger partial charge in [-0.1, -0.05) is 150 Å². The molecular weight excluding hydrogens is 1560 g/mol. The van der Waals surface area contributed by atoms with Crippen molar-refractivity contribution in [3.05, 3.63) is 167 Å². The summed E-state index contributed by atoms with van der Waals surface area (Å²) in [4.78, 5) is 220. The van der Waals surface area contributed by atoms with Crippen LogP contribution in [-0.4, -0.2) is 267 Å². The number of aliphatic hydroxyl groups excluding tert-OH is 1. The average Bonchev–Trinajstić information content (AvgIpc) is 1.76. The Bertz CT molecular complexity index is 4570. The maximum atomic E-state index is 15.2. The van der Waals surface area contributed by atoms with E-state index in [1.807, 2.05) is 31.2 Å². The van der Waals surface area contributed by atoms with Gasteiger partial charge in [0.25, 0.3) is 0 Å². The van der Waals surface area contributed by atoms with Gasteiger partial charge in [-0.3, -0.25) is 71.9 Å². The van der Waals surface area contributed by atoms with E-state index in [1.165, 1.54) is 93.4 Å². The van der Waals surface area contributed by atoms with Crippen molar-refractivity contribution >= 4 is 99.5 Å². The Morgan fingerprint density at radius 3 is 1.60 bits per heavy atom. The first-order chi connectivity index (χ1) is 57.7. The highest BCUT2D eigenvalue weighted by Gasteiger charge is 2.43. The molecule has 15 amide bonds. The van der Waals surface area contributed by atoms with Crippen molar-refractivity contribution in [3.63, 3.8) is 0 Å². The van der Waals surface area contributed by atoms with E-state index in [1.54, 1.807) is 87.6 Å². The molecule has 11 atom stereocenters. The molecule has 35 nitrogen and oxygen atoms in total. The number of carbonyl (C=O) groups excluding carboxylic acids is 15. The van der Waals surface area contributed by atoms with E-state index in [-0.39, 0.29) is 76.0 Å². The number of aromatic amines is 1. The number of phenols is 2. The van der Waals surface area contributed by atoms with E-state index in [0.717, 1.165) is 31.2 Å². The molecule has 35 heteroatoms. The van der Waals surface area contributed by atoms with Gasteiger partial charge in [-0.15, -0.1) is 0 Å². The third-order valence-electron chi connectivity index (χ3n) is 21.2. The van der Waals surface area contributed by atoms with Crippen LogP contribution in [0, 0.1) is 5.92 Å². The summed E-state index contributed by atoms with van der Waals surface area (Å²) in [5.41, 5.74) is 14.8. The van der Waals surface area contributed by atoms with Crippen molar-refractivity contribution in [2.45, 2.75) is 178 Å². The van der Waals surface area contributed by atoms with Crippen molar-refractivity contribution in [3.8, 4) is 11.5 Å². The molecule has 6 aromatic rings. The van der Waals surface area contributed by atoms with Crippen LogP contribution in [-0.2, 0) is 104 Å². The van der Waals surface area contributed by atoms with E-state index in [9.17, 15) is 68.1 Å². The zero-order valence-electron chi connectivity index (χ0n) is 69.8. The summed E-state index contributed by atoms with van der Waals surface area (Å²) in [6.07, 6.45) is 3.63. The van der Waals surface area contributed by atoms with Crippen molar-refractivity contribution in [2.24, 2.45) is 17.4 Å². The number of aliphatic hydroxyl groups is 1. The number of nitrogens with zero attached hydrogens (tertiary/aromatic N) is 5. The topological polar surface area (TPSA) is 509 Å². The predicted molar refractivity (Wildman–Crippen MR) is 448 cm³/mol. The summed E-state index contributed by atoms with van der Waals surface area (Å²) in [6.45, 7) is 4.85. The van der Waals surface area contributed by atoms with Crippen LogP contribution in [0.3, 0.4) is 0 Å². The molecular formula is C86H115N17O18. The first-order valence-corrected chi connectivity index (χ1v) is 40.5. The number of nitrogens with two attached hydrogens (primary N) is 2. The minimum Gasteiger partial charge on any atom is -0.508 e. The molecule has 0 spiro atoms. The average molecular weight is 1670 g/mol. The lowest BCUT2D eigenvalue weighted by molar-refractivity contribution is -0.149. The molecule has 652 valence electrons. The number of hydrogen-bond acceptors (Lipinski definition) is 19. The number of benzene rings is 5. The molecule has 0 bridgehead atoms. The summed E-state index contributed by atoms with van der Waals surface area (Å²) >= 11 is 0. The monoisotopic (exact) mass is 1670 g/mol.